The molecule has 19 atom stereocenters. The second-order valence-electron chi connectivity index (χ2n) is 40.7. The number of halogens is 3. The van der Waals surface area contributed by atoms with E-state index in [0.29, 0.717) is 67.1 Å². The normalized spacial score (nSPS) is 35.1. The molecule has 9 fully saturated rings. The Morgan fingerprint density at radius 1 is 0.398 bits per heavy atom. The van der Waals surface area contributed by atoms with E-state index in [9.17, 15) is 67.3 Å². The third-order valence-corrected chi connectivity index (χ3v) is 37.6. The first-order valence-electron chi connectivity index (χ1n) is 45.8. The lowest BCUT2D eigenvalue weighted by atomic mass is 9.61. The van der Waals surface area contributed by atoms with Crippen molar-refractivity contribution < 1.29 is 67.3 Å². The van der Waals surface area contributed by atoms with Gasteiger partial charge in [0.05, 0.1) is 34.4 Å². The standard InChI is InChI=1S/C27H40O3S.C26H37FO3S.C26H40O3S.C25H34F2O3S/c1-19-9-12-23(28)18-22(19)11-10-21-8-7-16-27(5)24(13-14-25(21)27)20(2)15-17-26(3,4)31(6,29)30;1-18-8-11-22(28)17-21(18)10-9-20-7-6-15-25(3)23(12-13-24(20)25)19(2)14-16-26(4,27)31(5,29)30;1-18-9-13-23(27)17-22(18)12-11-21-7-6-16-26(4)24(14-15-25(21)26)19(2)8-10-20(3)30(5,28)29;1-17-7-10-21(28)16-20(17)9-8-19-6-5-14-24(3)22(11-12-23(19)24)18(2)13-15-25(26,27)31(4,29)30/h10-11,13,15,17,20,23,25,28H,1,7-9,12,14,16,18H2,2-6H3;9-10,12,14,16,19,22,24,28H,1,6-8,11,13,15,17H2,2-5H3;8,10-12,19-20,23-25,27H,1,6-7,9,13-17H2,2-5H3;8-9,11,13,15,18,21,23,28H,1,5-7,10,12,14,16H2,2-4H3/b17-15+,21-10+,22-11-;16-14+,20-9+,21-10-;10-8+,21-11+,22-12-;15-13+,19-8+,20-9-. The summed E-state index contributed by atoms with van der Waals surface area (Å²) in [5.41, 5.74) is 19.3. The van der Waals surface area contributed by atoms with E-state index in [1.807, 2.05) is 26.0 Å². The highest BCUT2D eigenvalue weighted by molar-refractivity contribution is 7.92. The van der Waals surface area contributed by atoms with Crippen LogP contribution in [0.4, 0.5) is 13.2 Å². The van der Waals surface area contributed by atoms with Gasteiger partial charge in [-0.15, -0.1) is 0 Å². The van der Waals surface area contributed by atoms with Crippen LogP contribution in [0.25, 0.3) is 0 Å². The van der Waals surface area contributed by atoms with Crippen LogP contribution in [0.5, 0.6) is 0 Å². The first-order valence-corrected chi connectivity index (χ1v) is 53.5. The van der Waals surface area contributed by atoms with Crippen molar-refractivity contribution in [3.8, 4) is 0 Å². The summed E-state index contributed by atoms with van der Waals surface area (Å²) in [6, 6.07) is 0. The molecule has 9 saturated carbocycles. The van der Waals surface area contributed by atoms with Crippen LogP contribution in [-0.2, 0) is 39.3 Å². The summed E-state index contributed by atoms with van der Waals surface area (Å²) in [6.07, 6.45) is 68.7. The topological polar surface area (TPSA) is 217 Å². The maximum atomic E-state index is 14.5. The van der Waals surface area contributed by atoms with Crippen molar-refractivity contribution in [3.63, 3.8) is 0 Å². The van der Waals surface area contributed by atoms with Gasteiger partial charge in [-0.1, -0.05) is 246 Å². The Balaban J connectivity index is 0.000000186. The molecular weight excluding hydrogens is 1630 g/mol. The molecule has 0 saturated heterocycles. The summed E-state index contributed by atoms with van der Waals surface area (Å²) in [6.45, 7) is 40.8. The monoisotopic (exact) mass is 1780 g/mol. The highest BCUT2D eigenvalue weighted by atomic mass is 32.2. The summed E-state index contributed by atoms with van der Waals surface area (Å²) in [7, 11) is -14.5. The average Bonchev–Trinajstić information content (AvgIpc) is 1.63. The molecule has 4 N–H and O–H groups in total. The van der Waals surface area contributed by atoms with E-state index in [4.69, 9.17) is 0 Å². The molecule has 0 aliphatic heterocycles. The van der Waals surface area contributed by atoms with Gasteiger partial charge in [0.15, 0.2) is 29.5 Å². The zero-order valence-corrected chi connectivity index (χ0v) is 80.5. The van der Waals surface area contributed by atoms with Gasteiger partial charge in [-0.2, -0.15) is 8.78 Å². The summed E-state index contributed by atoms with van der Waals surface area (Å²) in [4.78, 5) is 0. The van der Waals surface area contributed by atoms with Crippen molar-refractivity contribution >= 4 is 39.3 Å². The molecule has 19 heteroatoms. The predicted molar refractivity (Wildman–Crippen MR) is 504 cm³/mol. The van der Waals surface area contributed by atoms with Gasteiger partial charge >= 0.3 is 5.25 Å². The molecule has 684 valence electrons. The molecule has 0 aromatic heterocycles. The third kappa shape index (κ3) is 24.3. The number of hydrogen-bond acceptors (Lipinski definition) is 12. The van der Waals surface area contributed by atoms with Crippen LogP contribution in [0, 0.1) is 74.9 Å². The minimum absolute atomic E-state index is 0.00718. The lowest BCUT2D eigenvalue weighted by molar-refractivity contribution is 0.112. The van der Waals surface area contributed by atoms with Crippen molar-refractivity contribution in [1.82, 2.24) is 0 Å². The van der Waals surface area contributed by atoms with Crippen LogP contribution >= 0.6 is 0 Å². The van der Waals surface area contributed by atoms with Crippen LogP contribution in [0.2, 0.25) is 0 Å². The van der Waals surface area contributed by atoms with Crippen molar-refractivity contribution in [2.75, 3.05) is 25.0 Å². The molecule has 0 radical (unpaired) electrons. The first kappa shape index (κ1) is 101. The Bertz CT molecular complexity index is 4550. The minimum Gasteiger partial charge on any atom is -0.393 e. The van der Waals surface area contributed by atoms with Gasteiger partial charge in [0.1, 0.15) is 0 Å². The second kappa shape index (κ2) is 40.7. The number of allylic oxidation sites excluding steroid dienone is 26. The Morgan fingerprint density at radius 2 is 0.715 bits per heavy atom. The average molecular weight is 1780 g/mol. The molecular formula is C104H151F3O12S4. The largest absolute Gasteiger partial charge is 0.393 e. The zero-order valence-electron chi connectivity index (χ0n) is 77.2. The number of sulfone groups is 4. The molecule has 12 rings (SSSR count). The molecule has 0 amide bonds. The molecule has 12 nitrogen and oxygen atoms in total. The summed E-state index contributed by atoms with van der Waals surface area (Å²) in [5.74, 6) is 2.78. The van der Waals surface area contributed by atoms with Gasteiger partial charge in [0.25, 0.3) is 0 Å². The molecule has 0 spiro atoms. The molecule has 12 aliphatic rings. The van der Waals surface area contributed by atoms with E-state index in [2.05, 4.69) is 147 Å². The van der Waals surface area contributed by atoms with E-state index in [-0.39, 0.29) is 63.8 Å². The molecule has 0 heterocycles. The van der Waals surface area contributed by atoms with Crippen LogP contribution in [0.1, 0.15) is 269 Å². The van der Waals surface area contributed by atoms with Gasteiger partial charge in [0.2, 0.25) is 14.8 Å². The lowest BCUT2D eigenvalue weighted by Gasteiger charge is -2.44. The molecule has 0 aromatic carbocycles. The Hall–Kier alpha value is -5.51. The van der Waals surface area contributed by atoms with Crippen molar-refractivity contribution in [2.45, 2.75) is 314 Å². The molecule has 0 bridgehead atoms. The van der Waals surface area contributed by atoms with Crippen LogP contribution in [0.15, 0.2) is 225 Å². The lowest BCUT2D eigenvalue weighted by Crippen LogP contribution is -2.35. The molecule has 12 aliphatic carbocycles. The first-order chi connectivity index (χ1) is 57.1. The number of fused-ring (bicyclic) bond motifs is 4. The Kier molecular flexibility index (Phi) is 33.5. The van der Waals surface area contributed by atoms with Crippen molar-refractivity contribution in [2.24, 2.45) is 74.9 Å². The van der Waals surface area contributed by atoms with Gasteiger partial charge in [0, 0.05) is 25.0 Å². The van der Waals surface area contributed by atoms with Crippen molar-refractivity contribution in [3.05, 3.63) is 225 Å². The van der Waals surface area contributed by atoms with Gasteiger partial charge in [-0.05, 0) is 323 Å². The molecule has 123 heavy (non-hydrogen) atoms. The van der Waals surface area contributed by atoms with Gasteiger partial charge in [-0.25, -0.2) is 38.1 Å². The fourth-order valence-corrected chi connectivity index (χ4v) is 24.0. The highest BCUT2D eigenvalue weighted by Crippen LogP contribution is 2.62. The maximum absolute atomic E-state index is 14.5. The number of hydrogen-bond donors (Lipinski definition) is 4. The quantitative estimate of drug-likeness (QED) is 0.0837. The molecule has 19 unspecified atom stereocenters. The van der Waals surface area contributed by atoms with Crippen LogP contribution < -0.4 is 0 Å². The number of rotatable bonds is 20. The highest BCUT2D eigenvalue weighted by Gasteiger charge is 2.52. The van der Waals surface area contributed by atoms with E-state index in [1.54, 1.807) is 32.4 Å². The summed E-state index contributed by atoms with van der Waals surface area (Å²) in [5, 5.41) is 33.4. The van der Waals surface area contributed by atoms with Gasteiger partial charge in [-0.3, -0.25) is 0 Å². The van der Waals surface area contributed by atoms with Crippen LogP contribution in [0.3, 0.4) is 0 Å². The Morgan fingerprint density at radius 3 is 1.03 bits per heavy atom. The second-order valence-corrected chi connectivity index (χ2v) is 50.1. The summed E-state index contributed by atoms with van der Waals surface area (Å²) >= 11 is 0. The minimum atomic E-state index is -4.48. The van der Waals surface area contributed by atoms with E-state index in [0.717, 1.165) is 163 Å². The number of aliphatic hydroxyl groups is 4. The predicted octanol–water partition coefficient (Wildman–Crippen LogP) is 23.8. The fourth-order valence-electron chi connectivity index (χ4n) is 22.6. The van der Waals surface area contributed by atoms with E-state index in [1.165, 1.54) is 120 Å². The van der Waals surface area contributed by atoms with Crippen LogP contribution in [-0.4, -0.2) is 124 Å². The summed E-state index contributed by atoms with van der Waals surface area (Å²) < 4.78 is 135. The number of aliphatic hydroxyl groups excluding tert-OH is 4. The molecule has 0 aromatic rings. The van der Waals surface area contributed by atoms with E-state index >= 15 is 0 Å². The Labute approximate surface area is 740 Å². The smallest absolute Gasteiger partial charge is 0.363 e. The van der Waals surface area contributed by atoms with E-state index < -0.39 is 59.6 Å². The third-order valence-electron chi connectivity index (χ3n) is 31.3. The SMILES string of the molecule is C=C1CCC(O)C/C1=C/C=C1\CCCC2(C)C(C(C)/C=C/C(C)(C)S(C)(=O)=O)=CCC12.C=C1CCC(O)C/C1=C/C=C1\CCCC2(C)C(C(C)/C=C/C(C)(F)S(C)(=O)=O)=CCC12.C=C1CCC(O)C/C1=C/C=C1\CCCC2(C)C(C(C)/C=C/C(F)(F)S(C)(=O)=O)=CCC12.C=C1CCC(O)C/C1=C/C=C1\CCCC2(C)C1CCC2C(C)/C=C/C(C)S(C)(=O)=O. The fraction of sp³-hybridized carbons (Fsp3) is 0.635. The van der Waals surface area contributed by atoms with Gasteiger partial charge < -0.3 is 20.4 Å². The van der Waals surface area contributed by atoms with Crippen molar-refractivity contribution in [1.29, 1.82) is 0 Å². The zero-order chi connectivity index (χ0) is 91.2. The maximum Gasteiger partial charge on any atom is 0.363 e. The number of alkyl halides is 3.